The van der Waals surface area contributed by atoms with Gasteiger partial charge in [0.2, 0.25) is 0 Å². The summed E-state index contributed by atoms with van der Waals surface area (Å²) in [6.45, 7) is 2.16. The molecular weight excluding hydrogens is 398 g/mol. The average molecular weight is 426 g/mol. The number of ether oxygens (including phenoxy) is 2. The Morgan fingerprint density at radius 1 is 0.844 bits per heavy atom. The van der Waals surface area contributed by atoms with Crippen LogP contribution < -0.4 is 10.1 Å². The first kappa shape index (κ1) is 21.4. The largest absolute Gasteiger partial charge is 0.497 e. The van der Waals surface area contributed by atoms with Crippen LogP contribution in [0.3, 0.4) is 0 Å². The van der Waals surface area contributed by atoms with Crippen molar-refractivity contribution in [2.75, 3.05) is 19.0 Å². The van der Waals surface area contributed by atoms with E-state index in [0.29, 0.717) is 6.61 Å². The van der Waals surface area contributed by atoms with Gasteiger partial charge in [0, 0.05) is 5.69 Å². The molecule has 0 saturated heterocycles. The van der Waals surface area contributed by atoms with Crippen molar-refractivity contribution < 1.29 is 14.3 Å². The lowest BCUT2D eigenvalue weighted by atomic mass is 9.84. The second-order valence-electron chi connectivity index (χ2n) is 7.56. The molecular formula is C28H27NO3. The van der Waals surface area contributed by atoms with Crippen LogP contribution in [0.15, 0.2) is 97.1 Å². The summed E-state index contributed by atoms with van der Waals surface area (Å²) in [5, 5.41) is 5.73. The van der Waals surface area contributed by atoms with E-state index in [1.165, 1.54) is 0 Å². The molecule has 0 saturated carbocycles. The zero-order valence-corrected chi connectivity index (χ0v) is 18.3. The number of fused-ring (bicyclic) bond motifs is 1. The molecule has 0 amide bonds. The molecule has 0 fully saturated rings. The topological polar surface area (TPSA) is 47.6 Å². The Morgan fingerprint density at radius 2 is 1.53 bits per heavy atom. The van der Waals surface area contributed by atoms with E-state index in [1.54, 1.807) is 7.11 Å². The van der Waals surface area contributed by atoms with Crippen molar-refractivity contribution >= 4 is 22.4 Å². The lowest BCUT2D eigenvalue weighted by molar-refractivity contribution is -0.145. The van der Waals surface area contributed by atoms with Gasteiger partial charge >= 0.3 is 5.97 Å². The molecule has 4 aromatic carbocycles. The van der Waals surface area contributed by atoms with Crippen LogP contribution >= 0.6 is 0 Å². The van der Waals surface area contributed by atoms with Crippen LogP contribution in [-0.4, -0.2) is 19.7 Å². The number of anilines is 1. The fourth-order valence-corrected chi connectivity index (χ4v) is 4.08. The quantitative estimate of drug-likeness (QED) is 0.334. The van der Waals surface area contributed by atoms with E-state index in [2.05, 4.69) is 23.5 Å². The number of rotatable bonds is 8. The first-order valence-electron chi connectivity index (χ1n) is 10.8. The van der Waals surface area contributed by atoms with Gasteiger partial charge in [0.15, 0.2) is 0 Å². The molecule has 0 spiro atoms. The summed E-state index contributed by atoms with van der Waals surface area (Å²) in [6, 6.07) is 31.7. The lowest BCUT2D eigenvalue weighted by Gasteiger charge is -2.29. The Labute approximate surface area is 188 Å². The third-order valence-electron chi connectivity index (χ3n) is 5.60. The predicted octanol–water partition coefficient (Wildman–Crippen LogP) is 6.35. The Kier molecular flexibility index (Phi) is 6.71. The van der Waals surface area contributed by atoms with E-state index in [0.717, 1.165) is 33.3 Å². The van der Waals surface area contributed by atoms with E-state index in [9.17, 15) is 4.79 Å². The van der Waals surface area contributed by atoms with Crippen LogP contribution in [0.2, 0.25) is 0 Å². The summed E-state index contributed by atoms with van der Waals surface area (Å²) >= 11 is 0. The smallest absolute Gasteiger partial charge is 0.315 e. The number of carbonyl (C=O) groups is 1. The summed E-state index contributed by atoms with van der Waals surface area (Å²) in [5.74, 6) is -0.00734. The van der Waals surface area contributed by atoms with Gasteiger partial charge in [0.25, 0.3) is 0 Å². The Bertz CT molecular complexity index is 1170. The molecule has 32 heavy (non-hydrogen) atoms. The minimum Gasteiger partial charge on any atom is -0.497 e. The number of carbonyl (C=O) groups excluding carboxylic acids is 1. The van der Waals surface area contributed by atoms with Gasteiger partial charge in [-0.15, -0.1) is 0 Å². The second-order valence-corrected chi connectivity index (χ2v) is 7.56. The highest BCUT2D eigenvalue weighted by Gasteiger charge is 2.33. The van der Waals surface area contributed by atoms with E-state index in [4.69, 9.17) is 9.47 Å². The number of hydrogen-bond donors (Lipinski definition) is 1. The highest BCUT2D eigenvalue weighted by atomic mass is 16.5. The molecule has 0 aliphatic carbocycles. The fraction of sp³-hybridized carbons (Fsp3) is 0.179. The average Bonchev–Trinajstić information content (AvgIpc) is 2.85. The summed E-state index contributed by atoms with van der Waals surface area (Å²) in [4.78, 5) is 13.4. The first-order valence-corrected chi connectivity index (χ1v) is 10.8. The summed E-state index contributed by atoms with van der Waals surface area (Å²) in [5.41, 5.74) is 2.85. The van der Waals surface area contributed by atoms with Gasteiger partial charge in [-0.05, 0) is 53.1 Å². The third-order valence-corrected chi connectivity index (χ3v) is 5.60. The van der Waals surface area contributed by atoms with Crippen LogP contribution in [-0.2, 0) is 9.53 Å². The Balaban J connectivity index is 1.85. The number of benzene rings is 4. The van der Waals surface area contributed by atoms with Gasteiger partial charge in [-0.2, -0.15) is 0 Å². The van der Waals surface area contributed by atoms with Gasteiger partial charge in [0.05, 0.1) is 19.8 Å². The molecule has 4 rings (SSSR count). The molecule has 0 radical (unpaired) electrons. The monoisotopic (exact) mass is 425 g/mol. The first-order chi connectivity index (χ1) is 15.7. The van der Waals surface area contributed by atoms with Crippen molar-refractivity contribution in [3.05, 3.63) is 108 Å². The zero-order valence-electron chi connectivity index (χ0n) is 18.3. The van der Waals surface area contributed by atoms with Crippen molar-refractivity contribution in [3.8, 4) is 5.75 Å². The zero-order chi connectivity index (χ0) is 22.3. The maximum Gasteiger partial charge on any atom is 0.315 e. The van der Waals surface area contributed by atoms with Gasteiger partial charge < -0.3 is 14.8 Å². The van der Waals surface area contributed by atoms with E-state index in [-0.39, 0.29) is 12.0 Å². The molecule has 0 aromatic heterocycles. The number of hydrogen-bond acceptors (Lipinski definition) is 4. The molecule has 2 atom stereocenters. The number of methoxy groups -OCH3 is 1. The minimum absolute atomic E-state index is 0.251. The van der Waals surface area contributed by atoms with Gasteiger partial charge in [-0.25, -0.2) is 0 Å². The molecule has 4 heteroatoms. The van der Waals surface area contributed by atoms with Crippen LogP contribution in [0.5, 0.6) is 5.75 Å². The lowest BCUT2D eigenvalue weighted by Crippen LogP contribution is -2.28. The van der Waals surface area contributed by atoms with Crippen molar-refractivity contribution in [2.24, 2.45) is 0 Å². The summed E-state index contributed by atoms with van der Waals surface area (Å²) in [6.07, 6.45) is 0. The predicted molar refractivity (Wildman–Crippen MR) is 129 cm³/mol. The van der Waals surface area contributed by atoms with Crippen molar-refractivity contribution in [1.29, 1.82) is 0 Å². The maximum absolute atomic E-state index is 13.4. The van der Waals surface area contributed by atoms with Crippen LogP contribution in [0.1, 0.15) is 30.0 Å². The SMILES string of the molecule is CCOC(=O)[C@H](c1cccc2ccccc12)[C@@H](Nc1ccc(OC)cc1)c1ccccc1. The highest BCUT2D eigenvalue weighted by Crippen LogP contribution is 2.38. The fourth-order valence-electron chi connectivity index (χ4n) is 4.08. The van der Waals surface area contributed by atoms with E-state index >= 15 is 0 Å². The van der Waals surface area contributed by atoms with Crippen molar-refractivity contribution in [3.63, 3.8) is 0 Å². The minimum atomic E-state index is -0.537. The molecule has 0 unspecified atom stereocenters. The second kappa shape index (κ2) is 10.0. The molecule has 0 aliphatic heterocycles. The van der Waals surface area contributed by atoms with Gasteiger partial charge in [-0.1, -0.05) is 72.8 Å². The number of esters is 1. The normalized spacial score (nSPS) is 12.7. The standard InChI is InChI=1S/C28H27NO3/c1-3-32-28(30)26(25-15-9-13-20-10-7-8-14-24(20)25)27(21-11-5-4-6-12-21)29-22-16-18-23(31-2)19-17-22/h4-19,26-27,29H,3H2,1-2H3/t26-,27+/m1/s1. The Hall–Kier alpha value is -3.79. The molecule has 1 N–H and O–H groups in total. The molecule has 0 bridgehead atoms. The summed E-state index contributed by atoms with van der Waals surface area (Å²) in [7, 11) is 1.65. The third kappa shape index (κ3) is 4.59. The number of nitrogens with one attached hydrogen (secondary N) is 1. The molecule has 4 nitrogen and oxygen atoms in total. The van der Waals surface area contributed by atoms with Crippen LogP contribution in [0.25, 0.3) is 10.8 Å². The van der Waals surface area contributed by atoms with Crippen molar-refractivity contribution in [2.45, 2.75) is 18.9 Å². The van der Waals surface area contributed by atoms with Crippen LogP contribution in [0.4, 0.5) is 5.69 Å². The van der Waals surface area contributed by atoms with E-state index < -0.39 is 5.92 Å². The van der Waals surface area contributed by atoms with Gasteiger partial charge in [0.1, 0.15) is 11.7 Å². The molecule has 162 valence electrons. The van der Waals surface area contributed by atoms with Crippen LogP contribution in [0, 0.1) is 0 Å². The van der Waals surface area contributed by atoms with E-state index in [1.807, 2.05) is 85.8 Å². The highest BCUT2D eigenvalue weighted by molar-refractivity contribution is 5.92. The molecule has 0 aliphatic rings. The Morgan fingerprint density at radius 3 is 2.25 bits per heavy atom. The molecule has 0 heterocycles. The summed E-state index contributed by atoms with van der Waals surface area (Å²) < 4.78 is 10.9. The maximum atomic E-state index is 13.4. The van der Waals surface area contributed by atoms with Crippen molar-refractivity contribution in [1.82, 2.24) is 0 Å². The molecule has 4 aromatic rings. The van der Waals surface area contributed by atoms with Gasteiger partial charge in [-0.3, -0.25) is 4.79 Å².